The van der Waals surface area contributed by atoms with E-state index in [9.17, 15) is 18.0 Å². The molecule has 0 spiro atoms. The molecule has 2 saturated heterocycles. The van der Waals surface area contributed by atoms with Crippen LogP contribution in [0, 0.1) is 6.92 Å². The number of benzene rings is 1. The van der Waals surface area contributed by atoms with Crippen LogP contribution in [-0.2, 0) is 19.6 Å². The fourth-order valence-corrected chi connectivity index (χ4v) is 5.63. The summed E-state index contributed by atoms with van der Waals surface area (Å²) in [6, 6.07) is 6.11. The summed E-state index contributed by atoms with van der Waals surface area (Å²) in [7, 11) is -3.70. The molecular formula is C21H32N4O4S. The van der Waals surface area contributed by atoms with Gasteiger partial charge in [0.25, 0.3) is 0 Å². The van der Waals surface area contributed by atoms with E-state index < -0.39 is 16.1 Å². The zero-order chi connectivity index (χ0) is 21.7. The van der Waals surface area contributed by atoms with Crippen LogP contribution < -0.4 is 5.32 Å². The number of nitrogens with one attached hydrogen (secondary N) is 1. The summed E-state index contributed by atoms with van der Waals surface area (Å²) in [4.78, 5) is 29.0. The van der Waals surface area contributed by atoms with Crippen LogP contribution in [0.25, 0.3) is 0 Å². The van der Waals surface area contributed by atoms with Gasteiger partial charge in [-0.1, -0.05) is 24.6 Å². The predicted molar refractivity (Wildman–Crippen MR) is 114 cm³/mol. The van der Waals surface area contributed by atoms with Gasteiger partial charge in [-0.2, -0.15) is 4.31 Å². The largest absolute Gasteiger partial charge is 0.355 e. The Bertz CT molecular complexity index is 848. The third-order valence-corrected chi connectivity index (χ3v) is 7.66. The molecule has 0 radical (unpaired) electrons. The van der Waals surface area contributed by atoms with Crippen LogP contribution in [0.4, 0.5) is 0 Å². The molecule has 0 aromatic heterocycles. The fraction of sp³-hybridized carbons (Fsp3) is 0.619. The zero-order valence-electron chi connectivity index (χ0n) is 17.8. The van der Waals surface area contributed by atoms with Gasteiger partial charge in [-0.25, -0.2) is 8.42 Å². The molecule has 30 heavy (non-hydrogen) atoms. The first-order chi connectivity index (χ1) is 14.3. The van der Waals surface area contributed by atoms with Crippen LogP contribution in [0.15, 0.2) is 29.2 Å². The lowest BCUT2D eigenvalue weighted by atomic mass is 10.2. The third kappa shape index (κ3) is 5.19. The lowest BCUT2D eigenvalue weighted by molar-refractivity contribution is -0.136. The maximum absolute atomic E-state index is 13.1. The Morgan fingerprint density at radius 2 is 1.73 bits per heavy atom. The Labute approximate surface area is 179 Å². The Morgan fingerprint density at radius 3 is 2.37 bits per heavy atom. The Kier molecular flexibility index (Phi) is 7.49. The number of nitrogens with zero attached hydrogens (tertiary/aromatic N) is 3. The molecule has 1 aromatic carbocycles. The molecule has 1 aromatic rings. The van der Waals surface area contributed by atoms with Crippen molar-refractivity contribution in [2.24, 2.45) is 0 Å². The molecule has 2 heterocycles. The van der Waals surface area contributed by atoms with Crippen molar-refractivity contribution < 1.29 is 18.0 Å². The second-order valence-corrected chi connectivity index (χ2v) is 9.93. The minimum absolute atomic E-state index is 0.00258. The third-order valence-electron chi connectivity index (χ3n) is 5.74. The molecule has 8 nitrogen and oxygen atoms in total. The quantitative estimate of drug-likeness (QED) is 0.684. The van der Waals surface area contributed by atoms with Crippen LogP contribution in [-0.4, -0.2) is 86.2 Å². The molecule has 0 aliphatic carbocycles. The highest BCUT2D eigenvalue weighted by atomic mass is 32.2. The fourth-order valence-electron chi connectivity index (χ4n) is 3.98. The standard InChI is InChI=1S/C21H32N4O4S/c1-3-10-22-20(26)16-23-12-14-24(15-13-23)21(27)19-5-4-11-25(19)30(28,29)18-8-6-17(2)7-9-18/h6-9,19H,3-5,10-16H2,1-2H3,(H,22,26)/t19-/m0/s1. The summed E-state index contributed by atoms with van der Waals surface area (Å²) in [5, 5.41) is 2.87. The average molecular weight is 437 g/mol. The van der Waals surface area contributed by atoms with E-state index in [0.717, 1.165) is 12.0 Å². The Morgan fingerprint density at radius 1 is 1.07 bits per heavy atom. The molecule has 9 heteroatoms. The SMILES string of the molecule is CCCNC(=O)CN1CCN(C(=O)[C@@H]2CCCN2S(=O)(=O)c2ccc(C)cc2)CC1. The van der Waals surface area contributed by atoms with Crippen LogP contribution in [0.1, 0.15) is 31.7 Å². The number of hydrogen-bond donors (Lipinski definition) is 1. The zero-order valence-corrected chi connectivity index (χ0v) is 18.7. The molecule has 0 unspecified atom stereocenters. The maximum Gasteiger partial charge on any atom is 0.243 e. The van der Waals surface area contributed by atoms with Crippen molar-refractivity contribution in [1.29, 1.82) is 0 Å². The molecule has 1 N–H and O–H groups in total. The van der Waals surface area contributed by atoms with Crippen LogP contribution in [0.5, 0.6) is 0 Å². The van der Waals surface area contributed by atoms with Gasteiger partial charge in [0.2, 0.25) is 21.8 Å². The van der Waals surface area contributed by atoms with Crippen molar-refractivity contribution in [3.05, 3.63) is 29.8 Å². The van der Waals surface area contributed by atoms with E-state index in [-0.39, 0.29) is 16.7 Å². The molecule has 2 aliphatic rings. The lowest BCUT2D eigenvalue weighted by Crippen LogP contribution is -2.55. The van der Waals surface area contributed by atoms with E-state index >= 15 is 0 Å². The number of sulfonamides is 1. The normalized spacial score (nSPS) is 21.0. The van der Waals surface area contributed by atoms with Gasteiger partial charge in [0.05, 0.1) is 11.4 Å². The van der Waals surface area contributed by atoms with Crippen molar-refractivity contribution in [2.45, 2.75) is 44.0 Å². The molecule has 0 bridgehead atoms. The lowest BCUT2D eigenvalue weighted by Gasteiger charge is -2.36. The molecule has 3 rings (SSSR count). The van der Waals surface area contributed by atoms with Crippen molar-refractivity contribution in [1.82, 2.24) is 19.4 Å². The highest BCUT2D eigenvalue weighted by Gasteiger charge is 2.41. The maximum atomic E-state index is 13.1. The van der Waals surface area contributed by atoms with Crippen molar-refractivity contribution in [3.8, 4) is 0 Å². The van der Waals surface area contributed by atoms with Gasteiger partial charge >= 0.3 is 0 Å². The summed E-state index contributed by atoms with van der Waals surface area (Å²) in [5.41, 5.74) is 0.990. The van der Waals surface area contributed by atoms with Gasteiger partial charge in [0.15, 0.2) is 0 Å². The van der Waals surface area contributed by atoms with Gasteiger partial charge in [0.1, 0.15) is 6.04 Å². The number of piperazine rings is 1. The Hall–Kier alpha value is -1.97. The number of rotatable bonds is 7. The van der Waals surface area contributed by atoms with Gasteiger partial charge in [-0.05, 0) is 38.3 Å². The summed E-state index contributed by atoms with van der Waals surface area (Å²) in [6.45, 7) is 7.53. The molecule has 2 fully saturated rings. The number of carbonyl (C=O) groups excluding carboxylic acids is 2. The highest BCUT2D eigenvalue weighted by molar-refractivity contribution is 7.89. The average Bonchev–Trinajstić information content (AvgIpc) is 3.23. The van der Waals surface area contributed by atoms with Crippen LogP contribution in [0.3, 0.4) is 0 Å². The second-order valence-electron chi connectivity index (χ2n) is 8.04. The molecule has 2 aliphatic heterocycles. The smallest absolute Gasteiger partial charge is 0.243 e. The topological polar surface area (TPSA) is 90.0 Å². The molecule has 2 amide bonds. The van der Waals surface area contributed by atoms with Gasteiger partial charge in [-0.15, -0.1) is 0 Å². The number of aryl methyl sites for hydroxylation is 1. The minimum atomic E-state index is -3.70. The van der Waals surface area contributed by atoms with E-state index in [4.69, 9.17) is 0 Å². The Balaban J connectivity index is 1.60. The van der Waals surface area contributed by atoms with Crippen molar-refractivity contribution >= 4 is 21.8 Å². The highest BCUT2D eigenvalue weighted by Crippen LogP contribution is 2.27. The van der Waals surface area contributed by atoms with Crippen molar-refractivity contribution in [2.75, 3.05) is 45.8 Å². The molecular weight excluding hydrogens is 404 g/mol. The molecule has 0 saturated carbocycles. The second kappa shape index (κ2) is 9.89. The van der Waals surface area contributed by atoms with Gasteiger partial charge in [-0.3, -0.25) is 14.5 Å². The number of carbonyl (C=O) groups is 2. The van der Waals surface area contributed by atoms with Crippen LogP contribution in [0.2, 0.25) is 0 Å². The first kappa shape index (κ1) is 22.7. The monoisotopic (exact) mass is 436 g/mol. The summed E-state index contributed by atoms with van der Waals surface area (Å²) >= 11 is 0. The van der Waals surface area contributed by atoms with Crippen molar-refractivity contribution in [3.63, 3.8) is 0 Å². The first-order valence-electron chi connectivity index (χ1n) is 10.7. The first-order valence-corrected chi connectivity index (χ1v) is 12.1. The van der Waals surface area contributed by atoms with Gasteiger partial charge < -0.3 is 10.2 Å². The summed E-state index contributed by atoms with van der Waals surface area (Å²) < 4.78 is 27.6. The summed E-state index contributed by atoms with van der Waals surface area (Å²) in [5.74, 6) is -0.124. The van der Waals surface area contributed by atoms with Crippen LogP contribution >= 0.6 is 0 Å². The van der Waals surface area contributed by atoms with E-state index in [2.05, 4.69) is 5.32 Å². The summed E-state index contributed by atoms with van der Waals surface area (Å²) in [6.07, 6.45) is 2.13. The van der Waals surface area contributed by atoms with E-state index in [1.54, 1.807) is 29.2 Å². The minimum Gasteiger partial charge on any atom is -0.355 e. The number of hydrogen-bond acceptors (Lipinski definition) is 5. The van der Waals surface area contributed by atoms with E-state index in [0.29, 0.717) is 58.7 Å². The number of amides is 2. The molecule has 1 atom stereocenters. The molecule has 166 valence electrons. The van der Waals surface area contributed by atoms with E-state index in [1.165, 1.54) is 4.31 Å². The predicted octanol–water partition coefficient (Wildman–Crippen LogP) is 0.819. The van der Waals surface area contributed by atoms with E-state index in [1.807, 2.05) is 18.7 Å². The van der Waals surface area contributed by atoms with Gasteiger partial charge in [0, 0.05) is 39.3 Å².